The van der Waals surface area contributed by atoms with E-state index in [2.05, 4.69) is 187 Å². The fraction of sp³-hybridized carbons (Fsp3) is 0.347. The molecule has 12 rings (SSSR count). The zero-order valence-electron chi connectivity index (χ0n) is 69.7. The summed E-state index contributed by atoms with van der Waals surface area (Å²) in [7, 11) is 0. The second kappa shape index (κ2) is 33.7. The highest BCUT2D eigenvalue weighted by atomic mass is 16.5. The Bertz CT molecular complexity index is 4660. The first-order chi connectivity index (χ1) is 53.8. The maximum absolute atomic E-state index is 12.3. The Morgan fingerprint density at radius 1 is 0.254 bits per heavy atom. The fourth-order valence-electron chi connectivity index (χ4n) is 14.5. The predicted molar refractivity (Wildman–Crippen MR) is 454 cm³/mol. The summed E-state index contributed by atoms with van der Waals surface area (Å²) in [6, 6.07) is 46.7. The van der Waals surface area contributed by atoms with Crippen molar-refractivity contribution < 1.29 is 57.3 Å². The first kappa shape index (κ1) is 83.4. The van der Waals surface area contributed by atoms with Crippen molar-refractivity contribution in [3.8, 4) is 46.0 Å². The minimum atomic E-state index is -0.360. The van der Waals surface area contributed by atoms with Crippen molar-refractivity contribution >= 4 is 70.0 Å². The van der Waals surface area contributed by atoms with E-state index in [1.165, 1.54) is 59.7 Å². The van der Waals surface area contributed by atoms with Gasteiger partial charge in [-0.2, -0.15) is 0 Å². The summed E-state index contributed by atoms with van der Waals surface area (Å²) >= 11 is 0. The van der Waals surface area contributed by atoms with E-state index in [1.54, 1.807) is 72.8 Å². The monoisotopic (exact) mass is 1530 g/mol. The largest absolute Gasteiger partial charge is 0.457 e. The van der Waals surface area contributed by atoms with Gasteiger partial charge in [0.15, 0.2) is 0 Å². The molecule has 592 valence electrons. The fourth-order valence-corrected chi connectivity index (χ4v) is 14.5. The number of imide groups is 4. The average molecular weight is 1530 g/mol. The van der Waals surface area contributed by atoms with Gasteiger partial charge in [-0.1, -0.05) is 187 Å². The Morgan fingerprint density at radius 3 is 0.588 bits per heavy atom. The number of ether oxygens (including phenoxy) is 4. The first-order valence-electron chi connectivity index (χ1n) is 39.8. The van der Waals surface area contributed by atoms with Crippen molar-refractivity contribution in [1.82, 2.24) is 0 Å². The zero-order valence-corrected chi connectivity index (χ0v) is 69.7. The molecule has 16 nitrogen and oxygen atoms in total. The van der Waals surface area contributed by atoms with Gasteiger partial charge in [0.05, 0.1) is 22.7 Å². The Hall–Kier alpha value is -11.5. The highest BCUT2D eigenvalue weighted by Crippen LogP contribution is 2.49. The van der Waals surface area contributed by atoms with Gasteiger partial charge in [-0.25, -0.2) is 19.6 Å². The average Bonchev–Trinajstić information content (AvgIpc) is 1.01. The Labute approximate surface area is 672 Å². The molecule has 4 heterocycles. The molecule has 16 heteroatoms. The van der Waals surface area contributed by atoms with E-state index in [0.29, 0.717) is 52.2 Å². The van der Waals surface area contributed by atoms with Crippen LogP contribution in [0.4, 0.5) is 22.7 Å². The van der Waals surface area contributed by atoms with Crippen molar-refractivity contribution in [3.63, 3.8) is 0 Å². The van der Waals surface area contributed by atoms with E-state index in [-0.39, 0.29) is 92.6 Å². The van der Waals surface area contributed by atoms with E-state index in [0.717, 1.165) is 130 Å². The van der Waals surface area contributed by atoms with Crippen molar-refractivity contribution in [3.05, 3.63) is 261 Å². The molecule has 8 amide bonds. The standard InChI is InChI=1S/2C49H54N2O6/c1-46(2,3)36-26-30(27-37(47(4,5)6)44(36)56-34-17-13-32(14-18-34)50-40(52)21-22-41(50)53)25-31-28-38(48(7,8)9)45(39(29-31)49(10,11)12)57-35-19-15-33(16-20-35)51-42(54)23-24-43(51)55;1-9-30(5)40-26-34(27-41(31(6)10-2)48(40)56-38-17-13-36(14-18-38)50-44(52)21-22-45(50)53)25-35-28-42(32(7)11-3)49(43(29-35)33(8)12-4)57-39-19-15-37(16-20-39)51-46(54)23-24-47(51)55/h13-24,26-29H,25H2,1-12H3;13-24,26-33H,9-12,25H2,1-8H3. The second-order valence-electron chi connectivity index (χ2n) is 34.6. The molecule has 4 aliphatic heterocycles. The van der Waals surface area contributed by atoms with Crippen LogP contribution < -0.4 is 38.5 Å². The molecule has 0 saturated heterocycles. The van der Waals surface area contributed by atoms with E-state index >= 15 is 0 Å². The van der Waals surface area contributed by atoms with Crippen LogP contribution in [0.5, 0.6) is 46.0 Å². The molecule has 0 saturated carbocycles. The van der Waals surface area contributed by atoms with Crippen LogP contribution in [0, 0.1) is 0 Å². The van der Waals surface area contributed by atoms with Gasteiger partial charge in [0, 0.05) is 70.9 Å². The summed E-state index contributed by atoms with van der Waals surface area (Å²) in [5.74, 6) is 3.95. The molecule has 8 aromatic rings. The molecule has 0 radical (unpaired) electrons. The lowest BCUT2D eigenvalue weighted by Crippen LogP contribution is -2.29. The summed E-state index contributed by atoms with van der Waals surface area (Å²) < 4.78 is 27.0. The van der Waals surface area contributed by atoms with Gasteiger partial charge in [-0.05, 0) is 225 Å². The van der Waals surface area contributed by atoms with Crippen LogP contribution in [0.25, 0.3) is 0 Å². The molecule has 0 aliphatic carbocycles. The van der Waals surface area contributed by atoms with E-state index in [1.807, 2.05) is 24.3 Å². The van der Waals surface area contributed by atoms with E-state index < -0.39 is 0 Å². The summed E-state index contributed by atoms with van der Waals surface area (Å²) in [6.45, 7) is 44.1. The summed E-state index contributed by atoms with van der Waals surface area (Å²) in [4.78, 5) is 103. The lowest BCUT2D eigenvalue weighted by atomic mass is 9.76. The van der Waals surface area contributed by atoms with Gasteiger partial charge < -0.3 is 18.9 Å². The summed E-state index contributed by atoms with van der Waals surface area (Å²) in [5, 5.41) is 0. The minimum Gasteiger partial charge on any atom is -0.457 e. The van der Waals surface area contributed by atoms with Crippen molar-refractivity contribution in [1.29, 1.82) is 0 Å². The molecule has 4 unspecified atom stereocenters. The lowest BCUT2D eigenvalue weighted by Gasteiger charge is -2.32. The number of hydrogen-bond acceptors (Lipinski definition) is 12. The van der Waals surface area contributed by atoms with Gasteiger partial charge in [0.1, 0.15) is 46.0 Å². The third kappa shape index (κ3) is 18.4. The van der Waals surface area contributed by atoms with Gasteiger partial charge in [0.25, 0.3) is 47.3 Å². The molecule has 4 aliphatic rings. The molecule has 0 aromatic heterocycles. The number of hydrogen-bond donors (Lipinski definition) is 0. The maximum atomic E-state index is 12.3. The molecule has 8 aromatic carbocycles. The molecule has 4 atom stereocenters. The Kier molecular flexibility index (Phi) is 24.6. The third-order valence-electron chi connectivity index (χ3n) is 21.8. The Morgan fingerprint density at radius 2 is 0.421 bits per heavy atom. The lowest BCUT2D eigenvalue weighted by molar-refractivity contribution is -0.121. The minimum absolute atomic E-state index is 0.236. The molecule has 0 bridgehead atoms. The number of rotatable bonds is 24. The summed E-state index contributed by atoms with van der Waals surface area (Å²) in [6.07, 6.45) is 15.4. The number of amides is 8. The topological polar surface area (TPSA) is 186 Å². The Balaban J connectivity index is 0.000000225. The number of anilines is 4. The molecular weight excluding hydrogens is 1430 g/mol. The quantitative estimate of drug-likeness (QED) is 0.0522. The van der Waals surface area contributed by atoms with Crippen molar-refractivity contribution in [2.45, 2.75) is 222 Å². The van der Waals surface area contributed by atoms with Crippen LogP contribution in [-0.4, -0.2) is 47.3 Å². The second-order valence-corrected chi connectivity index (χ2v) is 34.6. The van der Waals surface area contributed by atoms with Gasteiger partial charge in [-0.3, -0.25) is 38.4 Å². The molecule has 0 N–H and O–H groups in total. The maximum Gasteiger partial charge on any atom is 0.258 e. The molecular formula is C98H108N4O12. The van der Waals surface area contributed by atoms with Crippen LogP contribution >= 0.6 is 0 Å². The van der Waals surface area contributed by atoms with Gasteiger partial charge in [0.2, 0.25) is 0 Å². The van der Waals surface area contributed by atoms with Gasteiger partial charge >= 0.3 is 0 Å². The zero-order chi connectivity index (χ0) is 82.8. The van der Waals surface area contributed by atoms with E-state index in [9.17, 15) is 38.4 Å². The normalized spacial score (nSPS) is 15.5. The van der Waals surface area contributed by atoms with Gasteiger partial charge in [-0.15, -0.1) is 0 Å². The van der Waals surface area contributed by atoms with Crippen LogP contribution in [0.15, 0.2) is 194 Å². The molecule has 0 fully saturated rings. The molecule has 0 spiro atoms. The summed E-state index contributed by atoms with van der Waals surface area (Å²) in [5.41, 5.74) is 14.6. The van der Waals surface area contributed by atoms with Crippen LogP contribution in [0.2, 0.25) is 0 Å². The number of carbonyl (C=O) groups excluding carboxylic acids is 8. The van der Waals surface area contributed by atoms with Crippen LogP contribution in [0.1, 0.15) is 255 Å². The van der Waals surface area contributed by atoms with Crippen LogP contribution in [-0.2, 0) is 72.9 Å². The van der Waals surface area contributed by atoms with E-state index in [4.69, 9.17) is 18.9 Å². The SMILES string of the molecule is CC(C)(C)c1cc(Cc2cc(C(C)(C)C)c(Oc3ccc(N4C(=O)C=CC4=O)cc3)c(C(C)(C)C)c2)cc(C(C)(C)C)c1Oc1ccc(N2C(=O)C=CC2=O)cc1.CCC(C)c1cc(Cc2cc(C(C)CC)c(Oc3ccc(N4C(=O)C=CC4=O)cc3)c(C(C)CC)c2)cc(C(C)CC)c1Oc1ccc(N2C(=O)C=CC2=O)cc1. The van der Waals surface area contributed by atoms with Crippen molar-refractivity contribution in [2.24, 2.45) is 0 Å². The first-order valence-corrected chi connectivity index (χ1v) is 39.8. The number of nitrogens with zero attached hydrogens (tertiary/aromatic N) is 4. The molecule has 114 heavy (non-hydrogen) atoms. The smallest absolute Gasteiger partial charge is 0.258 e. The predicted octanol–water partition coefficient (Wildman–Crippen LogP) is 22.7. The number of carbonyl (C=O) groups is 8. The van der Waals surface area contributed by atoms with Crippen LogP contribution in [0.3, 0.4) is 0 Å². The number of benzene rings is 8. The highest BCUT2D eigenvalue weighted by molar-refractivity contribution is 6.30. The van der Waals surface area contributed by atoms with Crippen molar-refractivity contribution in [2.75, 3.05) is 19.6 Å². The highest BCUT2D eigenvalue weighted by Gasteiger charge is 2.35. The third-order valence-corrected chi connectivity index (χ3v) is 21.8.